The van der Waals surface area contributed by atoms with E-state index in [2.05, 4.69) is 33.3 Å². The lowest BCUT2D eigenvalue weighted by Gasteiger charge is -2.11. The topological polar surface area (TPSA) is 0 Å². The maximum Gasteiger partial charge on any atom is 0.00797 e. The molecule has 0 fully saturated rings. The van der Waals surface area contributed by atoms with E-state index in [1.165, 1.54) is 23.1 Å². The van der Waals surface area contributed by atoms with Crippen molar-refractivity contribution >= 4 is 0 Å². The summed E-state index contributed by atoms with van der Waals surface area (Å²) >= 11 is 0. The van der Waals surface area contributed by atoms with E-state index in [1.807, 2.05) is 0 Å². The highest BCUT2D eigenvalue weighted by Gasteiger charge is 2.02. The van der Waals surface area contributed by atoms with Crippen LogP contribution in [0.2, 0.25) is 0 Å². The zero-order valence-electron chi connectivity index (χ0n) is 6.36. The van der Waals surface area contributed by atoms with Gasteiger partial charge in [-0.1, -0.05) is 22.8 Å². The Morgan fingerprint density at radius 3 is 2.33 bits per heavy atom. The Morgan fingerprint density at radius 2 is 1.89 bits per heavy atom. The summed E-state index contributed by atoms with van der Waals surface area (Å²) in [5.74, 6) is 0. The molecule has 0 N–H and O–H groups in total. The molecular weight excluding hydrogens is 108 g/mol. The Hall–Kier alpha value is -0.520. The van der Waals surface area contributed by atoms with Gasteiger partial charge in [0.05, 0.1) is 0 Å². The van der Waals surface area contributed by atoms with Gasteiger partial charge in [-0.05, 0) is 27.2 Å². The molecule has 0 aromatic rings. The quantitative estimate of drug-likeness (QED) is 0.462. The van der Waals surface area contributed by atoms with Crippen molar-refractivity contribution in [2.45, 2.75) is 27.2 Å². The minimum Gasteiger partial charge on any atom is -0.0772 e. The monoisotopic (exact) mass is 121 g/mol. The molecule has 0 atom stereocenters. The van der Waals surface area contributed by atoms with Gasteiger partial charge in [0.2, 0.25) is 0 Å². The molecular formula is C9H13. The molecule has 0 amide bonds. The SMILES string of the molecule is CC1=C[CH]C(C)=C(C)C1. The van der Waals surface area contributed by atoms with Crippen molar-refractivity contribution in [1.82, 2.24) is 0 Å². The van der Waals surface area contributed by atoms with E-state index in [-0.39, 0.29) is 0 Å². The van der Waals surface area contributed by atoms with Crippen LogP contribution >= 0.6 is 0 Å². The Labute approximate surface area is 57.3 Å². The fraction of sp³-hybridized carbons (Fsp3) is 0.444. The van der Waals surface area contributed by atoms with E-state index in [1.54, 1.807) is 0 Å². The normalized spacial score (nSPS) is 20.1. The first-order valence-electron chi connectivity index (χ1n) is 3.37. The highest BCUT2D eigenvalue weighted by atomic mass is 14.1. The fourth-order valence-corrected chi connectivity index (χ4v) is 1.03. The van der Waals surface area contributed by atoms with Crippen LogP contribution in [-0.2, 0) is 0 Å². The minimum absolute atomic E-state index is 1.17. The van der Waals surface area contributed by atoms with Gasteiger partial charge in [0.1, 0.15) is 0 Å². The lowest BCUT2D eigenvalue weighted by atomic mass is 9.95. The molecule has 0 aromatic heterocycles. The van der Waals surface area contributed by atoms with Gasteiger partial charge < -0.3 is 0 Å². The lowest BCUT2D eigenvalue weighted by Crippen LogP contribution is -1.92. The molecule has 1 radical (unpaired) electrons. The smallest absolute Gasteiger partial charge is 0.00797 e. The maximum atomic E-state index is 2.20. The molecule has 0 spiro atoms. The zero-order chi connectivity index (χ0) is 6.85. The molecule has 0 saturated carbocycles. The van der Waals surface area contributed by atoms with Crippen LogP contribution in [0.1, 0.15) is 27.2 Å². The fourth-order valence-electron chi connectivity index (χ4n) is 1.03. The number of hydrogen-bond donors (Lipinski definition) is 0. The van der Waals surface area contributed by atoms with Crippen molar-refractivity contribution in [2.75, 3.05) is 0 Å². The Balaban J connectivity index is 2.70. The van der Waals surface area contributed by atoms with Crippen molar-refractivity contribution in [1.29, 1.82) is 0 Å². The van der Waals surface area contributed by atoms with Gasteiger partial charge in [-0.3, -0.25) is 0 Å². The first kappa shape index (κ1) is 6.60. The van der Waals surface area contributed by atoms with Crippen LogP contribution in [0.3, 0.4) is 0 Å². The largest absolute Gasteiger partial charge is 0.0772 e. The van der Waals surface area contributed by atoms with E-state index in [4.69, 9.17) is 0 Å². The van der Waals surface area contributed by atoms with Gasteiger partial charge in [0.25, 0.3) is 0 Å². The summed E-state index contributed by atoms with van der Waals surface area (Å²) < 4.78 is 0. The lowest BCUT2D eigenvalue weighted by molar-refractivity contribution is 1.04. The van der Waals surface area contributed by atoms with Crippen LogP contribution < -0.4 is 0 Å². The van der Waals surface area contributed by atoms with Crippen LogP contribution in [0, 0.1) is 6.42 Å². The Bertz CT molecular complexity index is 170. The third kappa shape index (κ3) is 1.44. The molecule has 0 unspecified atom stereocenters. The molecule has 0 aromatic carbocycles. The molecule has 1 aliphatic carbocycles. The predicted octanol–water partition coefficient (Wildman–Crippen LogP) is 2.88. The van der Waals surface area contributed by atoms with Crippen molar-refractivity contribution in [3.8, 4) is 0 Å². The van der Waals surface area contributed by atoms with Gasteiger partial charge in [-0.15, -0.1) is 0 Å². The summed E-state index contributed by atoms with van der Waals surface area (Å²) in [7, 11) is 0. The molecule has 9 heavy (non-hydrogen) atoms. The van der Waals surface area contributed by atoms with Crippen molar-refractivity contribution in [3.63, 3.8) is 0 Å². The maximum absolute atomic E-state index is 2.20. The van der Waals surface area contributed by atoms with Crippen LogP contribution in [0.15, 0.2) is 22.8 Å². The van der Waals surface area contributed by atoms with Crippen molar-refractivity contribution < 1.29 is 0 Å². The molecule has 0 heteroatoms. The van der Waals surface area contributed by atoms with Crippen LogP contribution in [0.25, 0.3) is 0 Å². The summed E-state index contributed by atoms with van der Waals surface area (Å²) in [5, 5.41) is 0. The second kappa shape index (κ2) is 2.38. The van der Waals surface area contributed by atoms with Gasteiger partial charge >= 0.3 is 0 Å². The molecule has 0 aliphatic heterocycles. The van der Waals surface area contributed by atoms with Crippen molar-refractivity contribution in [2.24, 2.45) is 0 Å². The summed E-state index contributed by atoms with van der Waals surface area (Å²) in [6, 6.07) is 0. The second-order valence-electron chi connectivity index (χ2n) is 2.82. The highest BCUT2D eigenvalue weighted by molar-refractivity contribution is 5.34. The standard InChI is InChI=1S/C9H13/c1-7-4-5-8(2)9(3)6-7/h4-5H,6H2,1-3H3. The number of allylic oxidation sites excluding steroid dienone is 4. The van der Waals surface area contributed by atoms with E-state index < -0.39 is 0 Å². The van der Waals surface area contributed by atoms with Gasteiger partial charge in [0.15, 0.2) is 0 Å². The predicted molar refractivity (Wildman–Crippen MR) is 41.0 cm³/mol. The average molecular weight is 121 g/mol. The van der Waals surface area contributed by atoms with Crippen LogP contribution in [0.5, 0.6) is 0 Å². The Kier molecular flexibility index (Phi) is 1.75. The summed E-state index contributed by atoms with van der Waals surface area (Å²) in [5.41, 5.74) is 4.41. The number of hydrogen-bond acceptors (Lipinski definition) is 0. The Morgan fingerprint density at radius 1 is 1.22 bits per heavy atom. The van der Waals surface area contributed by atoms with Gasteiger partial charge in [0, 0.05) is 6.42 Å². The van der Waals surface area contributed by atoms with Crippen LogP contribution in [0.4, 0.5) is 0 Å². The summed E-state index contributed by atoms with van der Waals surface area (Å²) in [6.45, 7) is 6.53. The summed E-state index contributed by atoms with van der Waals surface area (Å²) in [6.07, 6.45) is 5.55. The van der Waals surface area contributed by atoms with E-state index in [9.17, 15) is 0 Å². The molecule has 0 heterocycles. The zero-order valence-corrected chi connectivity index (χ0v) is 6.36. The third-order valence-corrected chi connectivity index (χ3v) is 1.84. The molecule has 0 nitrogen and oxygen atoms in total. The van der Waals surface area contributed by atoms with Crippen LogP contribution in [-0.4, -0.2) is 0 Å². The van der Waals surface area contributed by atoms with E-state index >= 15 is 0 Å². The van der Waals surface area contributed by atoms with Gasteiger partial charge in [-0.25, -0.2) is 0 Å². The molecule has 1 aliphatic rings. The minimum atomic E-state index is 1.17. The van der Waals surface area contributed by atoms with Gasteiger partial charge in [-0.2, -0.15) is 0 Å². The molecule has 1 rings (SSSR count). The highest BCUT2D eigenvalue weighted by Crippen LogP contribution is 2.21. The van der Waals surface area contributed by atoms with E-state index in [0.717, 1.165) is 0 Å². The summed E-state index contributed by atoms with van der Waals surface area (Å²) in [4.78, 5) is 0. The second-order valence-corrected chi connectivity index (χ2v) is 2.82. The van der Waals surface area contributed by atoms with E-state index in [0.29, 0.717) is 0 Å². The molecule has 49 valence electrons. The van der Waals surface area contributed by atoms with Crippen molar-refractivity contribution in [3.05, 3.63) is 29.2 Å². The first-order valence-corrected chi connectivity index (χ1v) is 3.37. The molecule has 0 bridgehead atoms. The third-order valence-electron chi connectivity index (χ3n) is 1.84. The number of rotatable bonds is 0. The average Bonchev–Trinajstić information content (AvgIpc) is 1.80. The first-order chi connectivity index (χ1) is 4.20. The molecule has 0 saturated heterocycles.